The molecule has 0 saturated carbocycles. The Balaban J connectivity index is 1.75. The van der Waals surface area contributed by atoms with Crippen molar-refractivity contribution < 1.29 is 0 Å². The molecule has 0 amide bonds. The van der Waals surface area contributed by atoms with E-state index in [4.69, 9.17) is 11.6 Å². The third-order valence-electron chi connectivity index (χ3n) is 5.63. The summed E-state index contributed by atoms with van der Waals surface area (Å²) in [6, 6.07) is 8.03. The van der Waals surface area contributed by atoms with E-state index in [0.717, 1.165) is 58.7 Å². The molecule has 5 rings (SSSR count). The minimum atomic E-state index is 0.338. The van der Waals surface area contributed by atoms with Crippen LogP contribution in [0.15, 0.2) is 36.8 Å². The van der Waals surface area contributed by atoms with Crippen molar-refractivity contribution in [1.29, 1.82) is 0 Å². The fraction of sp³-hybridized carbons (Fsp3) is 0.318. The first-order chi connectivity index (χ1) is 14.1. The first kappa shape index (κ1) is 17.7. The van der Waals surface area contributed by atoms with E-state index in [-0.39, 0.29) is 0 Å². The standard InChI is InChI=1S/C22H21N7/c1-14-8-16(26-13-25-14)10-21-27-20-11-24-19-5-4-15(23-2)9-18(19)22(20)29(21)17-6-7-28(3)12-17/h4-5,8-9,11,13,17H,6-7,10,12H2,1,3H3/t17-/m1/s1. The third-order valence-corrected chi connectivity index (χ3v) is 5.63. The summed E-state index contributed by atoms with van der Waals surface area (Å²) in [7, 11) is 2.16. The third kappa shape index (κ3) is 3.12. The largest absolute Gasteiger partial charge is 0.323 e. The lowest BCUT2D eigenvalue weighted by Gasteiger charge is -2.18. The Morgan fingerprint density at radius 1 is 1.17 bits per heavy atom. The van der Waals surface area contributed by atoms with Crippen LogP contribution < -0.4 is 0 Å². The highest BCUT2D eigenvalue weighted by Crippen LogP contribution is 2.33. The van der Waals surface area contributed by atoms with E-state index >= 15 is 0 Å². The lowest BCUT2D eigenvalue weighted by molar-refractivity contribution is 0.392. The van der Waals surface area contributed by atoms with Crippen molar-refractivity contribution >= 4 is 27.6 Å². The van der Waals surface area contributed by atoms with Gasteiger partial charge in [-0.2, -0.15) is 0 Å². The number of fused-ring (bicyclic) bond motifs is 3. The predicted octanol–water partition coefficient (Wildman–Crippen LogP) is 3.70. The van der Waals surface area contributed by atoms with E-state index in [1.54, 1.807) is 6.33 Å². The van der Waals surface area contributed by atoms with Gasteiger partial charge in [-0.15, -0.1) is 0 Å². The van der Waals surface area contributed by atoms with E-state index in [2.05, 4.69) is 36.3 Å². The van der Waals surface area contributed by atoms with Gasteiger partial charge in [0.15, 0.2) is 5.69 Å². The molecule has 0 N–H and O–H groups in total. The average molecular weight is 383 g/mol. The predicted molar refractivity (Wildman–Crippen MR) is 112 cm³/mol. The summed E-state index contributed by atoms with van der Waals surface area (Å²) in [5, 5.41) is 0.989. The molecule has 0 spiro atoms. The topological polar surface area (TPSA) is 64.1 Å². The van der Waals surface area contributed by atoms with Crippen LogP contribution >= 0.6 is 0 Å². The highest BCUT2D eigenvalue weighted by Gasteiger charge is 2.27. The number of hydrogen-bond donors (Lipinski definition) is 0. The van der Waals surface area contributed by atoms with Crippen molar-refractivity contribution in [1.82, 2.24) is 29.4 Å². The van der Waals surface area contributed by atoms with Crippen molar-refractivity contribution in [3.05, 3.63) is 65.4 Å². The zero-order valence-electron chi connectivity index (χ0n) is 16.5. The minimum Gasteiger partial charge on any atom is -0.323 e. The molecular formula is C22H21N7. The van der Waals surface area contributed by atoms with Gasteiger partial charge in [0.1, 0.15) is 17.7 Å². The maximum atomic E-state index is 7.41. The average Bonchev–Trinajstić information content (AvgIpc) is 3.30. The fourth-order valence-electron chi connectivity index (χ4n) is 4.29. The Morgan fingerprint density at radius 2 is 2.07 bits per heavy atom. The van der Waals surface area contributed by atoms with Gasteiger partial charge in [0.2, 0.25) is 0 Å². The number of aryl methyl sites for hydroxylation is 1. The van der Waals surface area contributed by atoms with E-state index in [1.165, 1.54) is 0 Å². The minimum absolute atomic E-state index is 0.338. The molecule has 0 aliphatic carbocycles. The number of likely N-dealkylation sites (N-methyl/N-ethyl adjacent to an activating group) is 1. The Bertz CT molecular complexity index is 1270. The van der Waals surface area contributed by atoms with Crippen LogP contribution in [0.1, 0.15) is 29.7 Å². The summed E-state index contributed by atoms with van der Waals surface area (Å²) in [6.45, 7) is 11.4. The van der Waals surface area contributed by atoms with Gasteiger partial charge in [0.25, 0.3) is 0 Å². The normalized spacial score (nSPS) is 17.2. The zero-order valence-corrected chi connectivity index (χ0v) is 16.5. The molecule has 0 bridgehead atoms. The van der Waals surface area contributed by atoms with Gasteiger partial charge in [-0.3, -0.25) is 4.98 Å². The van der Waals surface area contributed by atoms with Crippen LogP contribution in [-0.2, 0) is 6.42 Å². The van der Waals surface area contributed by atoms with Gasteiger partial charge < -0.3 is 9.47 Å². The molecule has 7 heteroatoms. The van der Waals surface area contributed by atoms with Crippen LogP contribution in [-0.4, -0.2) is 49.5 Å². The van der Waals surface area contributed by atoms with Gasteiger partial charge in [-0.1, -0.05) is 6.07 Å². The number of imidazole rings is 1. The van der Waals surface area contributed by atoms with Gasteiger partial charge in [0.05, 0.1) is 29.5 Å². The van der Waals surface area contributed by atoms with Crippen LogP contribution in [0.4, 0.5) is 5.69 Å². The second-order valence-electron chi connectivity index (χ2n) is 7.74. The molecule has 4 heterocycles. The van der Waals surface area contributed by atoms with Crippen molar-refractivity contribution in [2.45, 2.75) is 25.8 Å². The Morgan fingerprint density at radius 3 is 2.83 bits per heavy atom. The Labute approximate surface area is 168 Å². The Kier molecular flexibility index (Phi) is 4.22. The second kappa shape index (κ2) is 6.90. The summed E-state index contributed by atoms with van der Waals surface area (Å²) in [5.74, 6) is 0.987. The van der Waals surface area contributed by atoms with E-state index < -0.39 is 0 Å². The highest BCUT2D eigenvalue weighted by molar-refractivity contribution is 6.03. The fourth-order valence-corrected chi connectivity index (χ4v) is 4.29. The maximum absolute atomic E-state index is 7.41. The number of likely N-dealkylation sites (tertiary alicyclic amines) is 1. The number of pyridine rings is 1. The zero-order chi connectivity index (χ0) is 20.0. The molecule has 1 aliphatic heterocycles. The summed E-state index contributed by atoms with van der Waals surface area (Å²) in [5.41, 5.74) is 5.36. The number of aromatic nitrogens is 5. The van der Waals surface area contributed by atoms with Gasteiger partial charge in [0, 0.05) is 30.1 Å². The number of hydrogen-bond acceptors (Lipinski definition) is 5. The molecule has 7 nitrogen and oxygen atoms in total. The van der Waals surface area contributed by atoms with Crippen LogP contribution in [0, 0.1) is 13.5 Å². The molecule has 4 aromatic rings. The van der Waals surface area contributed by atoms with Crippen LogP contribution in [0.2, 0.25) is 0 Å². The van der Waals surface area contributed by atoms with Crippen LogP contribution in [0.3, 0.4) is 0 Å². The van der Waals surface area contributed by atoms with E-state index in [0.29, 0.717) is 18.2 Å². The van der Waals surface area contributed by atoms with E-state index in [9.17, 15) is 0 Å². The smallest absolute Gasteiger partial charge is 0.188 e. The van der Waals surface area contributed by atoms with Crippen molar-refractivity contribution in [2.75, 3.05) is 20.1 Å². The monoisotopic (exact) mass is 383 g/mol. The summed E-state index contributed by atoms with van der Waals surface area (Å²) >= 11 is 0. The van der Waals surface area contributed by atoms with Crippen molar-refractivity contribution in [3.8, 4) is 0 Å². The van der Waals surface area contributed by atoms with Gasteiger partial charge in [-0.25, -0.2) is 19.8 Å². The number of nitrogens with zero attached hydrogens (tertiary/aromatic N) is 7. The summed E-state index contributed by atoms with van der Waals surface area (Å²) in [4.78, 5) is 24.2. The molecule has 1 aliphatic rings. The second-order valence-corrected chi connectivity index (χ2v) is 7.74. The molecule has 1 saturated heterocycles. The first-order valence-corrected chi connectivity index (χ1v) is 9.75. The van der Waals surface area contributed by atoms with Gasteiger partial charge >= 0.3 is 0 Å². The Hall–Kier alpha value is -3.37. The molecule has 3 aromatic heterocycles. The lowest BCUT2D eigenvalue weighted by atomic mass is 10.1. The molecule has 144 valence electrons. The quantitative estimate of drug-likeness (QED) is 0.505. The number of benzene rings is 1. The maximum Gasteiger partial charge on any atom is 0.188 e. The highest BCUT2D eigenvalue weighted by atomic mass is 15.2. The molecular weight excluding hydrogens is 362 g/mol. The SMILES string of the molecule is [C-]#[N+]c1ccc2ncc3nc(Cc4cc(C)ncn4)n([C@@H]4CCN(C)C4)c3c2c1. The first-order valence-electron chi connectivity index (χ1n) is 9.75. The van der Waals surface area contributed by atoms with Crippen LogP contribution in [0.25, 0.3) is 26.8 Å². The molecule has 1 atom stereocenters. The summed E-state index contributed by atoms with van der Waals surface area (Å²) < 4.78 is 2.37. The van der Waals surface area contributed by atoms with Crippen molar-refractivity contribution in [2.24, 2.45) is 0 Å². The lowest BCUT2D eigenvalue weighted by Crippen LogP contribution is -2.18. The molecule has 0 radical (unpaired) electrons. The van der Waals surface area contributed by atoms with E-state index in [1.807, 2.05) is 37.4 Å². The van der Waals surface area contributed by atoms with Gasteiger partial charge in [-0.05, 0) is 45.1 Å². The molecule has 1 fully saturated rings. The molecule has 29 heavy (non-hydrogen) atoms. The number of rotatable bonds is 3. The molecule has 1 aromatic carbocycles. The van der Waals surface area contributed by atoms with Crippen molar-refractivity contribution in [3.63, 3.8) is 0 Å². The summed E-state index contributed by atoms with van der Waals surface area (Å²) in [6.07, 6.45) is 5.17. The van der Waals surface area contributed by atoms with Crippen LogP contribution in [0.5, 0.6) is 0 Å². The molecule has 0 unspecified atom stereocenters.